The third-order valence-electron chi connectivity index (χ3n) is 7.63. The van der Waals surface area contributed by atoms with Crippen LogP contribution in [0, 0.1) is 5.92 Å². The summed E-state index contributed by atoms with van der Waals surface area (Å²) in [6, 6.07) is 17.2. The molecule has 2 aromatic carbocycles. The van der Waals surface area contributed by atoms with Gasteiger partial charge in [0.1, 0.15) is 12.4 Å². The first-order chi connectivity index (χ1) is 17.6. The number of carbonyl (C=O) groups excluding carboxylic acids is 1. The molecule has 3 heterocycles. The third kappa shape index (κ3) is 5.55. The number of pyridine rings is 1. The van der Waals surface area contributed by atoms with Crippen LogP contribution in [-0.2, 0) is 24.4 Å². The summed E-state index contributed by atoms with van der Waals surface area (Å²) in [6.45, 7) is 11.8. The van der Waals surface area contributed by atoms with Gasteiger partial charge in [-0.15, -0.1) is 0 Å². The van der Waals surface area contributed by atoms with E-state index in [0.717, 1.165) is 76.5 Å². The van der Waals surface area contributed by atoms with Crippen molar-refractivity contribution in [3.05, 3.63) is 71.4 Å². The van der Waals surface area contributed by atoms with E-state index in [4.69, 9.17) is 4.74 Å². The lowest BCUT2D eigenvalue weighted by Gasteiger charge is -2.34. The Balaban J connectivity index is 1.27. The summed E-state index contributed by atoms with van der Waals surface area (Å²) in [5.74, 6) is 1.43. The fourth-order valence-corrected chi connectivity index (χ4v) is 5.72. The van der Waals surface area contributed by atoms with Gasteiger partial charge >= 0.3 is 0 Å². The first kappa shape index (κ1) is 24.7. The van der Waals surface area contributed by atoms with Crippen LogP contribution in [0.3, 0.4) is 0 Å². The molecule has 3 aromatic rings. The molecule has 1 fully saturated rings. The number of hydrogen-bond donors (Lipinski definition) is 0. The summed E-state index contributed by atoms with van der Waals surface area (Å²) < 4.78 is 6.13. The topological polar surface area (TPSA) is 48.9 Å². The van der Waals surface area contributed by atoms with E-state index < -0.39 is 0 Å². The standard InChI is InChI=1S/C30H38N4O2/c1-3-34(4-2)30(35)26-11-7-15-32(21-26)19-23-12-13-28-27(18-23)22-33(16-17-36-28)20-25-9-5-8-24-10-6-14-31-29(24)25/h5-6,8-10,12-14,18,26H,3-4,7,11,15-17,19-22H2,1-2H3. The number of para-hydroxylation sites is 1. The highest BCUT2D eigenvalue weighted by atomic mass is 16.5. The number of carbonyl (C=O) groups is 1. The minimum absolute atomic E-state index is 0.118. The van der Waals surface area contributed by atoms with Gasteiger partial charge in [0.25, 0.3) is 0 Å². The van der Waals surface area contributed by atoms with Crippen molar-refractivity contribution in [2.45, 2.75) is 46.3 Å². The molecule has 190 valence electrons. The van der Waals surface area contributed by atoms with Crippen LogP contribution < -0.4 is 4.74 Å². The maximum absolute atomic E-state index is 12.9. The molecule has 5 rings (SSSR count). The van der Waals surface area contributed by atoms with Crippen molar-refractivity contribution in [3.8, 4) is 5.75 Å². The Morgan fingerprint density at radius 1 is 1.06 bits per heavy atom. The Bertz CT molecular complexity index is 1190. The van der Waals surface area contributed by atoms with Crippen molar-refractivity contribution in [3.63, 3.8) is 0 Å². The van der Waals surface area contributed by atoms with Crippen molar-refractivity contribution in [1.82, 2.24) is 19.7 Å². The number of hydrogen-bond acceptors (Lipinski definition) is 5. The van der Waals surface area contributed by atoms with Gasteiger partial charge in [0.2, 0.25) is 5.91 Å². The summed E-state index contributed by atoms with van der Waals surface area (Å²) in [5, 5.41) is 1.18. The van der Waals surface area contributed by atoms with Crippen molar-refractivity contribution in [2.24, 2.45) is 5.92 Å². The first-order valence-electron chi connectivity index (χ1n) is 13.4. The molecule has 1 saturated heterocycles. The lowest BCUT2D eigenvalue weighted by Crippen LogP contribution is -2.44. The van der Waals surface area contributed by atoms with Gasteiger partial charge in [-0.05, 0) is 62.6 Å². The number of ether oxygens (including phenoxy) is 1. The SMILES string of the molecule is CCN(CC)C(=O)C1CCCN(Cc2ccc3c(c2)CN(Cc2cccc4cccnc24)CCO3)C1. The molecule has 0 radical (unpaired) electrons. The summed E-state index contributed by atoms with van der Waals surface area (Å²) in [4.78, 5) is 24.5. The van der Waals surface area contributed by atoms with Gasteiger partial charge in [-0.2, -0.15) is 0 Å². The third-order valence-corrected chi connectivity index (χ3v) is 7.63. The molecule has 0 aliphatic carbocycles. The van der Waals surface area contributed by atoms with Crippen LogP contribution in [0.2, 0.25) is 0 Å². The molecule has 6 nitrogen and oxygen atoms in total. The van der Waals surface area contributed by atoms with Crippen LogP contribution in [0.25, 0.3) is 10.9 Å². The van der Waals surface area contributed by atoms with E-state index in [1.54, 1.807) is 0 Å². The van der Waals surface area contributed by atoms with Gasteiger partial charge in [-0.1, -0.05) is 30.3 Å². The van der Waals surface area contributed by atoms with E-state index in [0.29, 0.717) is 12.5 Å². The molecular formula is C30H38N4O2. The maximum atomic E-state index is 12.9. The van der Waals surface area contributed by atoms with E-state index >= 15 is 0 Å². The predicted molar refractivity (Wildman–Crippen MR) is 144 cm³/mol. The summed E-state index contributed by atoms with van der Waals surface area (Å²) >= 11 is 0. The van der Waals surface area contributed by atoms with E-state index in [1.165, 1.54) is 22.1 Å². The number of rotatable bonds is 7. The molecule has 1 aromatic heterocycles. The average molecular weight is 487 g/mol. The molecule has 1 unspecified atom stereocenters. The van der Waals surface area contributed by atoms with E-state index in [9.17, 15) is 4.79 Å². The number of fused-ring (bicyclic) bond motifs is 2. The second-order valence-electron chi connectivity index (χ2n) is 10.1. The summed E-state index contributed by atoms with van der Waals surface area (Å²) in [7, 11) is 0. The monoisotopic (exact) mass is 486 g/mol. The average Bonchev–Trinajstić information content (AvgIpc) is 3.11. The molecule has 0 saturated carbocycles. The van der Waals surface area contributed by atoms with E-state index in [-0.39, 0.29) is 5.92 Å². The van der Waals surface area contributed by atoms with Crippen LogP contribution in [0.5, 0.6) is 5.75 Å². The number of piperidine rings is 1. The largest absolute Gasteiger partial charge is 0.492 e. The fraction of sp³-hybridized carbons (Fsp3) is 0.467. The van der Waals surface area contributed by atoms with Gasteiger partial charge in [0.15, 0.2) is 0 Å². The van der Waals surface area contributed by atoms with Crippen LogP contribution in [0.15, 0.2) is 54.7 Å². The highest BCUT2D eigenvalue weighted by Gasteiger charge is 2.28. The molecule has 0 spiro atoms. The molecular weight excluding hydrogens is 448 g/mol. The zero-order chi connectivity index (χ0) is 24.9. The number of likely N-dealkylation sites (tertiary alicyclic amines) is 1. The quantitative estimate of drug-likeness (QED) is 0.484. The molecule has 1 amide bonds. The Hall–Kier alpha value is -2.96. The second kappa shape index (κ2) is 11.4. The van der Waals surface area contributed by atoms with Crippen LogP contribution in [0.4, 0.5) is 0 Å². The van der Waals surface area contributed by atoms with Crippen molar-refractivity contribution < 1.29 is 9.53 Å². The smallest absolute Gasteiger partial charge is 0.226 e. The molecule has 0 bridgehead atoms. The van der Waals surface area contributed by atoms with Crippen molar-refractivity contribution in [2.75, 3.05) is 39.3 Å². The van der Waals surface area contributed by atoms with Gasteiger partial charge in [-0.25, -0.2) is 0 Å². The van der Waals surface area contributed by atoms with Crippen LogP contribution in [0.1, 0.15) is 43.4 Å². The zero-order valence-corrected chi connectivity index (χ0v) is 21.7. The Morgan fingerprint density at radius 3 is 2.78 bits per heavy atom. The first-order valence-corrected chi connectivity index (χ1v) is 13.4. The highest BCUT2D eigenvalue weighted by molar-refractivity contribution is 5.81. The number of aromatic nitrogens is 1. The summed E-state index contributed by atoms with van der Waals surface area (Å²) in [5.41, 5.74) is 4.87. The highest BCUT2D eigenvalue weighted by Crippen LogP contribution is 2.28. The lowest BCUT2D eigenvalue weighted by atomic mass is 9.95. The number of nitrogens with zero attached hydrogens (tertiary/aromatic N) is 4. The second-order valence-corrected chi connectivity index (χ2v) is 10.1. The van der Waals surface area contributed by atoms with E-state index in [1.807, 2.05) is 17.2 Å². The Morgan fingerprint density at radius 2 is 1.92 bits per heavy atom. The maximum Gasteiger partial charge on any atom is 0.226 e. The number of benzene rings is 2. The zero-order valence-electron chi connectivity index (χ0n) is 21.7. The minimum Gasteiger partial charge on any atom is -0.492 e. The Labute approximate surface area is 214 Å². The van der Waals surface area contributed by atoms with E-state index in [2.05, 4.69) is 71.1 Å². The normalized spacial score (nSPS) is 18.9. The molecule has 1 atom stereocenters. The van der Waals surface area contributed by atoms with Gasteiger partial charge in [0, 0.05) is 63.0 Å². The van der Waals surface area contributed by atoms with Crippen LogP contribution in [-0.4, -0.2) is 64.9 Å². The van der Waals surface area contributed by atoms with Gasteiger partial charge < -0.3 is 9.64 Å². The molecule has 2 aliphatic rings. The molecule has 0 N–H and O–H groups in total. The minimum atomic E-state index is 0.118. The lowest BCUT2D eigenvalue weighted by molar-refractivity contribution is -0.137. The van der Waals surface area contributed by atoms with Crippen molar-refractivity contribution in [1.29, 1.82) is 0 Å². The van der Waals surface area contributed by atoms with Crippen LogP contribution >= 0.6 is 0 Å². The molecule has 6 heteroatoms. The summed E-state index contributed by atoms with van der Waals surface area (Å²) in [6.07, 6.45) is 3.96. The molecule has 2 aliphatic heterocycles. The predicted octanol–water partition coefficient (Wildman–Crippen LogP) is 4.71. The fourth-order valence-electron chi connectivity index (χ4n) is 5.72. The Kier molecular flexibility index (Phi) is 7.83. The van der Waals surface area contributed by atoms with Gasteiger partial charge in [-0.3, -0.25) is 19.6 Å². The van der Waals surface area contributed by atoms with Crippen molar-refractivity contribution >= 4 is 16.8 Å². The number of amides is 1. The molecule has 36 heavy (non-hydrogen) atoms. The van der Waals surface area contributed by atoms with Gasteiger partial charge in [0.05, 0.1) is 11.4 Å².